The van der Waals surface area contributed by atoms with Crippen molar-refractivity contribution >= 4 is 5.91 Å². The summed E-state index contributed by atoms with van der Waals surface area (Å²) in [6, 6.07) is 5.20. The monoisotopic (exact) mass is 248 g/mol. The summed E-state index contributed by atoms with van der Waals surface area (Å²) >= 11 is 0. The van der Waals surface area contributed by atoms with E-state index in [-0.39, 0.29) is 5.91 Å². The van der Waals surface area contributed by atoms with Gasteiger partial charge in [-0.1, -0.05) is 0 Å². The molecule has 0 aliphatic rings. The summed E-state index contributed by atoms with van der Waals surface area (Å²) in [4.78, 5) is 11.8. The van der Waals surface area contributed by atoms with Crippen molar-refractivity contribution in [2.24, 2.45) is 5.73 Å². The second kappa shape index (κ2) is 4.66. The maximum Gasteiger partial charge on any atom is 0.271 e. The van der Waals surface area contributed by atoms with Gasteiger partial charge in [0.2, 0.25) is 0 Å². The van der Waals surface area contributed by atoms with Crippen LogP contribution >= 0.6 is 0 Å². The molecule has 0 spiro atoms. The van der Waals surface area contributed by atoms with Crippen molar-refractivity contribution in [3.05, 3.63) is 30.2 Å². The number of furan rings is 1. The van der Waals surface area contributed by atoms with E-state index in [1.165, 1.54) is 0 Å². The zero-order valence-electron chi connectivity index (χ0n) is 10.4. The van der Waals surface area contributed by atoms with Gasteiger partial charge in [-0.25, -0.2) is 0 Å². The molecular weight excluding hydrogens is 232 g/mol. The Bertz CT molecular complexity index is 523. The van der Waals surface area contributed by atoms with Crippen molar-refractivity contribution in [3.8, 4) is 11.5 Å². The minimum absolute atomic E-state index is 0.261. The fourth-order valence-corrected chi connectivity index (χ4v) is 1.39. The average Bonchev–Trinajstić information content (AvgIpc) is 2.94. The first kappa shape index (κ1) is 12.4. The normalized spacial score (nSPS) is 11.5. The Morgan fingerprint density at radius 3 is 3.00 bits per heavy atom. The number of rotatable bonds is 4. The second-order valence-electron chi connectivity index (χ2n) is 4.82. The van der Waals surface area contributed by atoms with Gasteiger partial charge in [-0.05, 0) is 26.0 Å². The number of nitrogens with zero attached hydrogens (tertiary/aromatic N) is 1. The molecule has 2 heterocycles. The number of carbonyl (C=O) groups excluding carboxylic acids is 1. The molecule has 0 saturated carbocycles. The van der Waals surface area contributed by atoms with Crippen molar-refractivity contribution in [3.63, 3.8) is 0 Å². The Morgan fingerprint density at radius 1 is 1.61 bits per heavy atom. The van der Waals surface area contributed by atoms with Gasteiger partial charge in [-0.3, -0.25) is 9.89 Å². The smallest absolute Gasteiger partial charge is 0.271 e. The molecule has 18 heavy (non-hydrogen) atoms. The average molecular weight is 248 g/mol. The van der Waals surface area contributed by atoms with Crippen LogP contribution in [0.5, 0.6) is 0 Å². The van der Waals surface area contributed by atoms with Crippen LogP contribution in [0, 0.1) is 0 Å². The molecule has 96 valence electrons. The molecule has 0 aliphatic heterocycles. The van der Waals surface area contributed by atoms with E-state index in [2.05, 4.69) is 15.5 Å². The van der Waals surface area contributed by atoms with E-state index in [0.717, 1.165) is 0 Å². The van der Waals surface area contributed by atoms with E-state index >= 15 is 0 Å². The van der Waals surface area contributed by atoms with E-state index in [4.69, 9.17) is 10.2 Å². The molecule has 2 aromatic heterocycles. The maximum atomic E-state index is 11.8. The molecule has 6 nitrogen and oxygen atoms in total. The molecule has 0 unspecified atom stereocenters. The predicted octanol–water partition coefficient (Wildman–Crippen LogP) is 1.14. The van der Waals surface area contributed by atoms with Gasteiger partial charge >= 0.3 is 0 Å². The van der Waals surface area contributed by atoms with E-state index < -0.39 is 5.54 Å². The summed E-state index contributed by atoms with van der Waals surface area (Å²) in [5.41, 5.74) is 6.31. The largest absolute Gasteiger partial charge is 0.463 e. The lowest BCUT2D eigenvalue weighted by Crippen LogP contribution is -2.45. The molecule has 0 radical (unpaired) electrons. The Kier molecular flexibility index (Phi) is 3.20. The van der Waals surface area contributed by atoms with Crippen LogP contribution in [0.3, 0.4) is 0 Å². The van der Waals surface area contributed by atoms with Crippen molar-refractivity contribution in [1.82, 2.24) is 15.5 Å². The first-order valence-electron chi connectivity index (χ1n) is 5.62. The molecule has 0 atom stereocenters. The standard InChI is InChI=1S/C12H16N4O2/c1-12(2,13)7-14-11(17)9-6-8(15-16-9)10-4-3-5-18-10/h3-6H,7,13H2,1-2H3,(H,14,17)(H,15,16). The number of aromatic nitrogens is 2. The van der Waals surface area contributed by atoms with Crippen LogP contribution in [0.25, 0.3) is 11.5 Å². The van der Waals surface area contributed by atoms with Crippen LogP contribution in [0.1, 0.15) is 24.3 Å². The molecule has 6 heteroatoms. The SMILES string of the molecule is CC(C)(N)CNC(=O)c1cc(-c2ccco2)[nH]n1. The summed E-state index contributed by atoms with van der Waals surface area (Å²) in [5.74, 6) is 0.378. The number of carbonyl (C=O) groups is 1. The number of H-pyrrole nitrogens is 1. The zero-order valence-corrected chi connectivity index (χ0v) is 10.4. The van der Waals surface area contributed by atoms with Crippen LogP contribution in [-0.4, -0.2) is 28.2 Å². The highest BCUT2D eigenvalue weighted by Gasteiger charge is 2.16. The molecule has 0 saturated heterocycles. The van der Waals surface area contributed by atoms with Crippen molar-refractivity contribution in [1.29, 1.82) is 0 Å². The summed E-state index contributed by atoms with van der Waals surface area (Å²) in [6.07, 6.45) is 1.56. The van der Waals surface area contributed by atoms with Gasteiger partial charge in [0, 0.05) is 18.2 Å². The fraction of sp³-hybridized carbons (Fsp3) is 0.333. The molecule has 0 bridgehead atoms. The topological polar surface area (TPSA) is 96.9 Å². The minimum Gasteiger partial charge on any atom is -0.463 e. The maximum absolute atomic E-state index is 11.8. The van der Waals surface area contributed by atoms with Crippen LogP contribution in [0.4, 0.5) is 0 Å². The number of aromatic amines is 1. The predicted molar refractivity (Wildman–Crippen MR) is 66.9 cm³/mol. The minimum atomic E-state index is -0.449. The summed E-state index contributed by atoms with van der Waals surface area (Å²) in [5, 5.41) is 9.41. The summed E-state index contributed by atoms with van der Waals surface area (Å²) in [6.45, 7) is 4.06. The Hall–Kier alpha value is -2.08. The van der Waals surface area contributed by atoms with Crippen LogP contribution < -0.4 is 11.1 Å². The van der Waals surface area contributed by atoms with Gasteiger partial charge in [0.1, 0.15) is 5.69 Å². The highest BCUT2D eigenvalue weighted by Crippen LogP contribution is 2.17. The molecule has 2 rings (SSSR count). The lowest BCUT2D eigenvalue weighted by molar-refractivity contribution is 0.0941. The van der Waals surface area contributed by atoms with Crippen molar-refractivity contribution in [2.45, 2.75) is 19.4 Å². The van der Waals surface area contributed by atoms with Gasteiger partial charge in [0.05, 0.1) is 6.26 Å². The third-order valence-electron chi connectivity index (χ3n) is 2.30. The molecule has 0 aromatic carbocycles. The zero-order chi connectivity index (χ0) is 13.2. The van der Waals surface area contributed by atoms with Crippen molar-refractivity contribution < 1.29 is 9.21 Å². The number of nitrogens with one attached hydrogen (secondary N) is 2. The highest BCUT2D eigenvalue weighted by molar-refractivity contribution is 5.93. The van der Waals surface area contributed by atoms with E-state index in [0.29, 0.717) is 23.7 Å². The van der Waals surface area contributed by atoms with Crippen LogP contribution in [-0.2, 0) is 0 Å². The Labute approximate surface area is 105 Å². The quantitative estimate of drug-likeness (QED) is 0.755. The van der Waals surface area contributed by atoms with E-state index in [9.17, 15) is 4.79 Å². The number of amides is 1. The molecule has 4 N–H and O–H groups in total. The van der Waals surface area contributed by atoms with Crippen LogP contribution in [0.2, 0.25) is 0 Å². The van der Waals surface area contributed by atoms with E-state index in [1.807, 2.05) is 13.8 Å². The molecular formula is C12H16N4O2. The molecule has 0 aliphatic carbocycles. The van der Waals surface area contributed by atoms with E-state index in [1.54, 1.807) is 24.5 Å². The van der Waals surface area contributed by atoms with Crippen molar-refractivity contribution in [2.75, 3.05) is 6.54 Å². The fourth-order valence-electron chi connectivity index (χ4n) is 1.39. The molecule has 2 aromatic rings. The first-order chi connectivity index (χ1) is 8.46. The Balaban J connectivity index is 2.04. The summed E-state index contributed by atoms with van der Waals surface area (Å²) in [7, 11) is 0. The number of nitrogens with two attached hydrogens (primary N) is 1. The highest BCUT2D eigenvalue weighted by atomic mass is 16.3. The number of hydrogen-bond acceptors (Lipinski definition) is 4. The van der Waals surface area contributed by atoms with Gasteiger partial charge in [-0.15, -0.1) is 0 Å². The van der Waals surface area contributed by atoms with Gasteiger partial charge in [0.25, 0.3) is 5.91 Å². The summed E-state index contributed by atoms with van der Waals surface area (Å²) < 4.78 is 5.20. The van der Waals surface area contributed by atoms with Gasteiger partial charge < -0.3 is 15.5 Å². The third-order valence-corrected chi connectivity index (χ3v) is 2.30. The third kappa shape index (κ3) is 2.98. The molecule has 1 amide bonds. The van der Waals surface area contributed by atoms with Crippen LogP contribution in [0.15, 0.2) is 28.9 Å². The number of hydrogen-bond donors (Lipinski definition) is 3. The van der Waals surface area contributed by atoms with Gasteiger partial charge in [0.15, 0.2) is 11.5 Å². The lowest BCUT2D eigenvalue weighted by Gasteiger charge is -2.18. The first-order valence-corrected chi connectivity index (χ1v) is 5.62. The second-order valence-corrected chi connectivity index (χ2v) is 4.82. The lowest BCUT2D eigenvalue weighted by atomic mass is 10.1. The Morgan fingerprint density at radius 2 is 2.39 bits per heavy atom. The van der Waals surface area contributed by atoms with Gasteiger partial charge in [-0.2, -0.15) is 5.10 Å². The molecule has 0 fully saturated rings.